The third-order valence-corrected chi connectivity index (χ3v) is 4.29. The van der Waals surface area contributed by atoms with E-state index in [0.29, 0.717) is 23.1 Å². The van der Waals surface area contributed by atoms with Gasteiger partial charge in [0.25, 0.3) is 5.91 Å². The van der Waals surface area contributed by atoms with E-state index in [1.165, 1.54) is 0 Å². The average molecular weight is 403 g/mol. The number of hydrogen-bond acceptors (Lipinski definition) is 6. The highest BCUT2D eigenvalue weighted by molar-refractivity contribution is 6.03. The van der Waals surface area contributed by atoms with Crippen molar-refractivity contribution in [3.05, 3.63) is 23.5 Å². The second-order valence-corrected chi connectivity index (χ2v) is 7.40. The molecule has 0 aliphatic heterocycles. The number of fused-ring (bicyclic) bond motifs is 1. The van der Waals surface area contributed by atoms with Crippen LogP contribution in [0.2, 0.25) is 0 Å². The van der Waals surface area contributed by atoms with Crippen LogP contribution < -0.4 is 10.6 Å². The number of unbranched alkanes of at least 4 members (excludes halogenated alkanes) is 1. The van der Waals surface area contributed by atoms with Crippen molar-refractivity contribution in [3.63, 3.8) is 0 Å². The van der Waals surface area contributed by atoms with Crippen molar-refractivity contribution in [2.45, 2.75) is 59.4 Å². The molecule has 2 aromatic heterocycles. The summed E-state index contributed by atoms with van der Waals surface area (Å²) in [6.07, 6.45) is 3.32. The van der Waals surface area contributed by atoms with E-state index in [9.17, 15) is 14.4 Å². The zero-order valence-electron chi connectivity index (χ0n) is 17.6. The van der Waals surface area contributed by atoms with Crippen molar-refractivity contribution in [1.82, 2.24) is 25.4 Å². The van der Waals surface area contributed by atoms with Gasteiger partial charge in [0.2, 0.25) is 0 Å². The molecule has 0 fully saturated rings. The Kier molecular flexibility index (Phi) is 7.69. The zero-order chi connectivity index (χ0) is 21.6. The van der Waals surface area contributed by atoms with Crippen LogP contribution in [0.1, 0.15) is 75.5 Å². The highest BCUT2D eigenvalue weighted by Gasteiger charge is 2.21. The molecule has 0 bridgehead atoms. The van der Waals surface area contributed by atoms with Crippen LogP contribution >= 0.6 is 0 Å². The Labute approximate surface area is 170 Å². The van der Waals surface area contributed by atoms with E-state index in [1.54, 1.807) is 16.9 Å². The van der Waals surface area contributed by atoms with Gasteiger partial charge in [-0.05, 0) is 32.3 Å². The molecule has 2 aromatic rings. The van der Waals surface area contributed by atoms with Crippen LogP contribution in [0.25, 0.3) is 11.0 Å². The number of urea groups is 1. The van der Waals surface area contributed by atoms with Crippen LogP contribution in [0.4, 0.5) is 4.79 Å². The molecule has 0 saturated carbocycles. The zero-order valence-corrected chi connectivity index (χ0v) is 17.6. The van der Waals surface area contributed by atoms with E-state index in [0.717, 1.165) is 18.5 Å². The number of esters is 1. The first-order valence-electron chi connectivity index (χ1n) is 9.87. The van der Waals surface area contributed by atoms with Gasteiger partial charge in [0.1, 0.15) is 0 Å². The molecular formula is C20H29N5O4. The first kappa shape index (κ1) is 22.3. The van der Waals surface area contributed by atoms with Gasteiger partial charge < -0.3 is 10.1 Å². The molecule has 9 nitrogen and oxygen atoms in total. The molecule has 29 heavy (non-hydrogen) atoms. The van der Waals surface area contributed by atoms with Crippen molar-refractivity contribution in [2.24, 2.45) is 0 Å². The molecule has 3 amide bonds. The van der Waals surface area contributed by atoms with Crippen molar-refractivity contribution >= 4 is 28.9 Å². The van der Waals surface area contributed by atoms with Gasteiger partial charge >= 0.3 is 12.0 Å². The predicted molar refractivity (Wildman–Crippen MR) is 109 cm³/mol. The molecule has 0 radical (unpaired) electrons. The lowest BCUT2D eigenvalue weighted by Gasteiger charge is -2.12. The van der Waals surface area contributed by atoms with E-state index in [2.05, 4.69) is 20.7 Å². The fraction of sp³-hybridized carbons (Fsp3) is 0.550. The first-order chi connectivity index (χ1) is 13.7. The van der Waals surface area contributed by atoms with Crippen LogP contribution in [0.3, 0.4) is 0 Å². The third kappa shape index (κ3) is 5.75. The maximum atomic E-state index is 12.6. The van der Waals surface area contributed by atoms with Gasteiger partial charge in [-0.3, -0.25) is 10.1 Å². The number of nitrogens with zero attached hydrogens (tertiary/aromatic N) is 3. The van der Waals surface area contributed by atoms with E-state index >= 15 is 0 Å². The second kappa shape index (κ2) is 9.99. The Balaban J connectivity index is 2.12. The summed E-state index contributed by atoms with van der Waals surface area (Å²) < 4.78 is 6.87. The summed E-state index contributed by atoms with van der Waals surface area (Å²) in [5, 5.41) is 9.58. The Morgan fingerprint density at radius 1 is 1.21 bits per heavy atom. The second-order valence-electron chi connectivity index (χ2n) is 7.40. The monoisotopic (exact) mass is 403 g/mol. The molecular weight excluding hydrogens is 374 g/mol. The first-order valence-corrected chi connectivity index (χ1v) is 9.87. The van der Waals surface area contributed by atoms with Gasteiger partial charge in [0.15, 0.2) is 12.3 Å². The minimum absolute atomic E-state index is 0.0725. The highest BCUT2D eigenvalue weighted by atomic mass is 16.5. The number of nitrogens with one attached hydrogen (secondary N) is 2. The van der Waals surface area contributed by atoms with Gasteiger partial charge in [0, 0.05) is 18.3 Å². The Morgan fingerprint density at radius 2 is 1.93 bits per heavy atom. The maximum Gasteiger partial charge on any atom is 0.339 e. The largest absolute Gasteiger partial charge is 0.452 e. The van der Waals surface area contributed by atoms with Crippen molar-refractivity contribution in [3.8, 4) is 0 Å². The normalized spacial score (nSPS) is 11.1. The van der Waals surface area contributed by atoms with Gasteiger partial charge in [-0.1, -0.05) is 27.2 Å². The topological polar surface area (TPSA) is 115 Å². The third-order valence-electron chi connectivity index (χ3n) is 4.29. The molecule has 9 heteroatoms. The SMILES string of the molecule is CCCCNC(=O)NC(=O)COC(=O)c1cc(C(C)C)nc2c1cnn2C(C)C. The van der Waals surface area contributed by atoms with E-state index in [1.807, 2.05) is 34.6 Å². The summed E-state index contributed by atoms with van der Waals surface area (Å²) >= 11 is 0. The number of ether oxygens (including phenoxy) is 1. The number of aromatic nitrogens is 3. The van der Waals surface area contributed by atoms with Crippen LogP contribution in [-0.2, 0) is 9.53 Å². The summed E-state index contributed by atoms with van der Waals surface area (Å²) in [6, 6.07) is 1.13. The van der Waals surface area contributed by atoms with Gasteiger partial charge in [-0.15, -0.1) is 0 Å². The summed E-state index contributed by atoms with van der Waals surface area (Å²) in [4.78, 5) is 40.8. The lowest BCUT2D eigenvalue weighted by Crippen LogP contribution is -2.41. The standard InChI is InChI=1S/C20H29N5O4/c1-6-7-8-21-20(28)24-17(26)11-29-19(27)14-9-16(12(2)3)23-18-15(14)10-22-25(18)13(4)5/h9-10,12-13H,6-8,11H2,1-5H3,(H2,21,24,26,28). The van der Waals surface area contributed by atoms with E-state index < -0.39 is 24.5 Å². The Hall–Kier alpha value is -2.97. The van der Waals surface area contributed by atoms with Crippen molar-refractivity contribution in [2.75, 3.05) is 13.2 Å². The smallest absolute Gasteiger partial charge is 0.339 e. The Morgan fingerprint density at radius 3 is 2.55 bits per heavy atom. The molecule has 0 aromatic carbocycles. The number of carbonyl (C=O) groups is 3. The number of imide groups is 1. The van der Waals surface area contributed by atoms with Crippen LogP contribution in [-0.4, -0.2) is 45.8 Å². The summed E-state index contributed by atoms with van der Waals surface area (Å²) in [5.74, 6) is -1.26. The number of carbonyl (C=O) groups excluding carboxylic acids is 3. The van der Waals surface area contributed by atoms with Crippen LogP contribution in [0, 0.1) is 0 Å². The Bertz CT molecular complexity index is 888. The molecule has 0 saturated heterocycles. The average Bonchev–Trinajstić information content (AvgIpc) is 3.09. The molecule has 158 valence electrons. The molecule has 2 rings (SSSR count). The number of pyridine rings is 1. The molecule has 0 spiro atoms. The molecule has 0 atom stereocenters. The predicted octanol–water partition coefficient (Wildman–Crippen LogP) is 2.92. The van der Waals surface area contributed by atoms with Gasteiger partial charge in [-0.25, -0.2) is 19.3 Å². The fourth-order valence-electron chi connectivity index (χ4n) is 2.67. The summed E-state index contributed by atoms with van der Waals surface area (Å²) in [7, 11) is 0. The van der Waals surface area contributed by atoms with Gasteiger partial charge in [0.05, 0.1) is 17.1 Å². The summed E-state index contributed by atoms with van der Waals surface area (Å²) in [6.45, 7) is 9.82. The molecule has 0 aliphatic rings. The van der Waals surface area contributed by atoms with E-state index in [4.69, 9.17) is 4.74 Å². The van der Waals surface area contributed by atoms with Crippen LogP contribution in [0.15, 0.2) is 12.3 Å². The minimum Gasteiger partial charge on any atom is -0.452 e. The van der Waals surface area contributed by atoms with Crippen molar-refractivity contribution in [1.29, 1.82) is 0 Å². The number of hydrogen-bond donors (Lipinski definition) is 2. The number of amides is 3. The highest BCUT2D eigenvalue weighted by Crippen LogP contribution is 2.24. The quantitative estimate of drug-likeness (QED) is 0.517. The molecule has 2 N–H and O–H groups in total. The minimum atomic E-state index is -0.695. The molecule has 0 unspecified atom stereocenters. The fourth-order valence-corrected chi connectivity index (χ4v) is 2.67. The maximum absolute atomic E-state index is 12.6. The lowest BCUT2D eigenvalue weighted by atomic mass is 10.1. The van der Waals surface area contributed by atoms with Crippen molar-refractivity contribution < 1.29 is 19.1 Å². The number of rotatable bonds is 8. The molecule has 2 heterocycles. The molecule has 0 aliphatic carbocycles. The summed E-state index contributed by atoms with van der Waals surface area (Å²) in [5.41, 5.74) is 1.62. The van der Waals surface area contributed by atoms with E-state index in [-0.39, 0.29) is 12.0 Å². The lowest BCUT2D eigenvalue weighted by molar-refractivity contribution is -0.123. The van der Waals surface area contributed by atoms with Crippen LogP contribution in [0.5, 0.6) is 0 Å². The van der Waals surface area contributed by atoms with Gasteiger partial charge in [-0.2, -0.15) is 5.10 Å².